The highest BCUT2D eigenvalue weighted by Crippen LogP contribution is 2.32. The van der Waals surface area contributed by atoms with Gasteiger partial charge >= 0.3 is 0 Å². The van der Waals surface area contributed by atoms with Crippen LogP contribution in [0.15, 0.2) is 53.7 Å². The lowest BCUT2D eigenvalue weighted by molar-refractivity contribution is -0.119. The first-order chi connectivity index (χ1) is 15.1. The van der Waals surface area contributed by atoms with Gasteiger partial charge in [0, 0.05) is 16.6 Å². The Morgan fingerprint density at radius 3 is 2.58 bits per heavy atom. The third kappa shape index (κ3) is 5.82. The summed E-state index contributed by atoms with van der Waals surface area (Å²) < 4.78 is 2.00. The van der Waals surface area contributed by atoms with E-state index in [9.17, 15) is 4.79 Å². The molecule has 0 radical (unpaired) electrons. The number of rotatable bonds is 7. The molecular formula is C23H24Cl2N4OS. The molecular weight excluding hydrogens is 451 g/mol. The topological polar surface area (TPSA) is 59.8 Å². The minimum atomic E-state index is 0.0391. The summed E-state index contributed by atoms with van der Waals surface area (Å²) in [5.41, 5.74) is 1.87. The van der Waals surface area contributed by atoms with Gasteiger partial charge in [0.15, 0.2) is 11.0 Å². The summed E-state index contributed by atoms with van der Waals surface area (Å²) in [6, 6.07) is 15.7. The van der Waals surface area contributed by atoms with Crippen LogP contribution in [0.25, 0.3) is 11.4 Å². The number of carbonyl (C=O) groups excluding carboxylic acids is 1. The third-order valence-corrected chi connectivity index (χ3v) is 6.89. The fraction of sp³-hybridized carbons (Fsp3) is 0.348. The van der Waals surface area contributed by atoms with Crippen LogP contribution in [0.4, 0.5) is 0 Å². The zero-order valence-corrected chi connectivity index (χ0v) is 19.4. The highest BCUT2D eigenvalue weighted by Gasteiger charge is 2.20. The number of thioether (sulfide) groups is 1. The van der Waals surface area contributed by atoms with E-state index in [2.05, 4.69) is 27.6 Å². The maximum Gasteiger partial charge on any atom is 0.230 e. The monoisotopic (exact) mass is 474 g/mol. The Bertz CT molecular complexity index is 1040. The number of aromatic nitrogens is 3. The van der Waals surface area contributed by atoms with Gasteiger partial charge in [0.05, 0.1) is 17.3 Å². The molecule has 0 atom stereocenters. The molecule has 1 aliphatic rings. The molecule has 4 rings (SSSR count). The molecule has 1 N–H and O–H groups in total. The van der Waals surface area contributed by atoms with Crippen LogP contribution in [-0.2, 0) is 11.3 Å². The first-order valence-corrected chi connectivity index (χ1v) is 12.2. The standard InChI is InChI=1S/C23H24Cl2N4OS/c24-17-11-12-19(20(25)13-17)22-27-28-23(29(22)14-16-7-3-1-4-8-16)31-15-21(30)26-18-9-5-2-6-10-18/h1,3-4,7-8,11-13,18H,2,5-6,9-10,14-15H2,(H,26,30). The van der Waals surface area contributed by atoms with Crippen LogP contribution in [-0.4, -0.2) is 32.5 Å². The van der Waals surface area contributed by atoms with Crippen LogP contribution in [0, 0.1) is 0 Å². The Balaban J connectivity index is 1.55. The van der Waals surface area contributed by atoms with Crippen LogP contribution < -0.4 is 5.32 Å². The molecule has 1 saturated carbocycles. The highest BCUT2D eigenvalue weighted by atomic mass is 35.5. The molecule has 1 heterocycles. The summed E-state index contributed by atoms with van der Waals surface area (Å²) in [6.07, 6.45) is 5.78. The maximum absolute atomic E-state index is 12.5. The van der Waals surface area contributed by atoms with Crippen molar-refractivity contribution in [2.75, 3.05) is 5.75 Å². The molecule has 5 nitrogen and oxygen atoms in total. The van der Waals surface area contributed by atoms with Gasteiger partial charge in [0.25, 0.3) is 0 Å². The normalized spacial score (nSPS) is 14.5. The summed E-state index contributed by atoms with van der Waals surface area (Å²) in [6.45, 7) is 0.578. The average Bonchev–Trinajstić information content (AvgIpc) is 3.16. The van der Waals surface area contributed by atoms with E-state index < -0.39 is 0 Å². The highest BCUT2D eigenvalue weighted by molar-refractivity contribution is 7.99. The molecule has 31 heavy (non-hydrogen) atoms. The van der Waals surface area contributed by atoms with Gasteiger partial charge in [-0.05, 0) is 36.6 Å². The lowest BCUT2D eigenvalue weighted by atomic mass is 9.95. The zero-order valence-electron chi connectivity index (χ0n) is 17.1. The summed E-state index contributed by atoms with van der Waals surface area (Å²) in [5.74, 6) is 0.996. The van der Waals surface area contributed by atoms with Crippen molar-refractivity contribution in [1.29, 1.82) is 0 Å². The average molecular weight is 475 g/mol. The molecule has 0 unspecified atom stereocenters. The summed E-state index contributed by atoms with van der Waals surface area (Å²) in [4.78, 5) is 12.5. The number of amides is 1. The SMILES string of the molecule is O=C(CSc1nnc(-c2ccc(Cl)cc2Cl)n1Cc1ccccc1)NC1CCCCC1. The maximum atomic E-state index is 12.5. The fourth-order valence-electron chi connectivity index (χ4n) is 3.82. The van der Waals surface area contributed by atoms with Crippen LogP contribution in [0.2, 0.25) is 10.0 Å². The van der Waals surface area contributed by atoms with Gasteiger partial charge in [-0.3, -0.25) is 9.36 Å². The first-order valence-electron chi connectivity index (χ1n) is 10.4. The van der Waals surface area contributed by atoms with Crippen molar-refractivity contribution in [3.05, 3.63) is 64.1 Å². The molecule has 8 heteroatoms. The Morgan fingerprint density at radius 2 is 1.84 bits per heavy atom. The molecule has 0 saturated heterocycles. The van der Waals surface area contributed by atoms with Crippen molar-refractivity contribution in [3.63, 3.8) is 0 Å². The molecule has 0 spiro atoms. The number of carbonyl (C=O) groups is 1. The third-order valence-electron chi connectivity index (χ3n) is 5.38. The van der Waals surface area contributed by atoms with E-state index in [1.54, 1.807) is 12.1 Å². The van der Waals surface area contributed by atoms with Crippen molar-refractivity contribution in [3.8, 4) is 11.4 Å². The molecule has 1 fully saturated rings. The summed E-state index contributed by atoms with van der Waals surface area (Å²) in [7, 11) is 0. The molecule has 0 aliphatic heterocycles. The van der Waals surface area contributed by atoms with E-state index in [-0.39, 0.29) is 5.91 Å². The molecule has 2 aromatic carbocycles. The second kappa shape index (κ2) is 10.5. The Labute approximate surface area is 196 Å². The van der Waals surface area contributed by atoms with Crippen LogP contribution in [0.5, 0.6) is 0 Å². The van der Waals surface area contributed by atoms with E-state index in [4.69, 9.17) is 23.2 Å². The first kappa shape index (κ1) is 22.2. The molecule has 3 aromatic rings. The molecule has 1 amide bonds. The number of nitrogens with zero attached hydrogens (tertiary/aromatic N) is 3. The van der Waals surface area contributed by atoms with Gasteiger partial charge in [-0.1, -0.05) is 84.6 Å². The second-order valence-electron chi connectivity index (χ2n) is 7.69. The van der Waals surface area contributed by atoms with Crippen molar-refractivity contribution in [2.24, 2.45) is 0 Å². The van der Waals surface area contributed by atoms with Gasteiger partial charge in [-0.25, -0.2) is 0 Å². The number of hydrogen-bond acceptors (Lipinski definition) is 4. The predicted octanol–water partition coefficient (Wildman–Crippen LogP) is 5.84. The smallest absolute Gasteiger partial charge is 0.230 e. The predicted molar refractivity (Wildman–Crippen MR) is 127 cm³/mol. The van der Waals surface area contributed by atoms with E-state index in [0.29, 0.717) is 39.4 Å². The number of hydrogen-bond donors (Lipinski definition) is 1. The quantitative estimate of drug-likeness (QED) is 0.436. The van der Waals surface area contributed by atoms with Crippen LogP contribution in [0.3, 0.4) is 0 Å². The van der Waals surface area contributed by atoms with Gasteiger partial charge < -0.3 is 5.32 Å². The van der Waals surface area contributed by atoms with E-state index >= 15 is 0 Å². The van der Waals surface area contributed by atoms with Crippen molar-refractivity contribution < 1.29 is 4.79 Å². The van der Waals surface area contributed by atoms with Gasteiger partial charge in [-0.15, -0.1) is 10.2 Å². The van der Waals surface area contributed by atoms with E-state index in [0.717, 1.165) is 24.0 Å². The zero-order chi connectivity index (χ0) is 21.6. The molecule has 162 valence electrons. The van der Waals surface area contributed by atoms with Crippen LogP contribution >= 0.6 is 35.0 Å². The molecule has 1 aromatic heterocycles. The lowest BCUT2D eigenvalue weighted by Gasteiger charge is -2.22. The van der Waals surface area contributed by atoms with Crippen LogP contribution in [0.1, 0.15) is 37.7 Å². The summed E-state index contributed by atoms with van der Waals surface area (Å²) in [5, 5.41) is 13.7. The Morgan fingerprint density at radius 1 is 1.06 bits per heavy atom. The number of halogens is 2. The largest absolute Gasteiger partial charge is 0.353 e. The van der Waals surface area contributed by atoms with Crippen molar-refractivity contribution in [2.45, 2.75) is 49.8 Å². The molecule has 1 aliphatic carbocycles. The van der Waals surface area contributed by atoms with Gasteiger partial charge in [0.2, 0.25) is 5.91 Å². The van der Waals surface area contributed by atoms with Gasteiger partial charge in [0.1, 0.15) is 0 Å². The fourth-order valence-corrected chi connectivity index (χ4v) is 5.06. The van der Waals surface area contributed by atoms with E-state index in [1.807, 2.05) is 28.8 Å². The number of nitrogens with one attached hydrogen (secondary N) is 1. The van der Waals surface area contributed by atoms with Crippen molar-refractivity contribution >= 4 is 40.9 Å². The second-order valence-corrected chi connectivity index (χ2v) is 9.48. The summed E-state index contributed by atoms with van der Waals surface area (Å²) >= 11 is 13.9. The van der Waals surface area contributed by atoms with E-state index in [1.165, 1.54) is 31.0 Å². The minimum absolute atomic E-state index is 0.0391. The Kier molecular flexibility index (Phi) is 7.54. The minimum Gasteiger partial charge on any atom is -0.353 e. The Hall–Kier alpha value is -2.02. The number of benzene rings is 2. The van der Waals surface area contributed by atoms with Crippen molar-refractivity contribution in [1.82, 2.24) is 20.1 Å². The molecule has 0 bridgehead atoms. The lowest BCUT2D eigenvalue weighted by Crippen LogP contribution is -2.37. The van der Waals surface area contributed by atoms with Gasteiger partial charge in [-0.2, -0.15) is 0 Å².